The van der Waals surface area contributed by atoms with E-state index in [0.717, 1.165) is 37.7 Å². The molecule has 4 amide bonds. The molecule has 11 unspecified atom stereocenters. The lowest BCUT2D eigenvalue weighted by Gasteiger charge is -2.41. The van der Waals surface area contributed by atoms with Gasteiger partial charge in [-0.3, -0.25) is 19.2 Å². The number of nitrogens with two attached hydrogens (primary N) is 1. The molecule has 3 aliphatic rings. The van der Waals surface area contributed by atoms with Crippen LogP contribution in [-0.4, -0.2) is 121 Å². The van der Waals surface area contributed by atoms with E-state index < -0.39 is 36.3 Å². The highest BCUT2D eigenvalue weighted by molar-refractivity contribution is 5.90. The van der Waals surface area contributed by atoms with Crippen LogP contribution in [0, 0.1) is 23.7 Å². The van der Waals surface area contributed by atoms with Gasteiger partial charge in [-0.1, -0.05) is 53.2 Å². The zero-order valence-corrected chi connectivity index (χ0v) is 33.2. The molecule has 1 aliphatic carbocycles. The predicted octanol–water partition coefficient (Wildman–Crippen LogP) is 2.49. The number of nitrogen functional groups attached to an aromatic ring is 1. The zero-order valence-electron chi connectivity index (χ0n) is 33.2. The van der Waals surface area contributed by atoms with Crippen LogP contribution in [0.3, 0.4) is 0 Å². The molecule has 6 N–H and O–H groups in total. The van der Waals surface area contributed by atoms with Crippen LogP contribution in [0.15, 0.2) is 24.3 Å². The summed E-state index contributed by atoms with van der Waals surface area (Å²) in [4.78, 5) is 58.8. The molecule has 2 bridgehead atoms. The highest BCUT2D eigenvalue weighted by Crippen LogP contribution is 2.35. The number of carbonyl (C=O) groups excluding carboxylic acids is 4. The molecule has 2 aliphatic heterocycles. The topological polar surface area (TPSA) is 176 Å². The van der Waals surface area contributed by atoms with Crippen molar-refractivity contribution < 1.29 is 33.8 Å². The third kappa shape index (κ3) is 10.3. The molecule has 2 heterocycles. The first-order valence-corrected chi connectivity index (χ1v) is 19.7. The van der Waals surface area contributed by atoms with Gasteiger partial charge in [-0.2, -0.15) is 0 Å². The van der Waals surface area contributed by atoms with Crippen LogP contribution in [0.5, 0.6) is 0 Å². The summed E-state index contributed by atoms with van der Waals surface area (Å²) < 4.78 is 12.0. The lowest BCUT2D eigenvalue weighted by Crippen LogP contribution is -2.60. The number of piperidine rings is 1. The summed E-state index contributed by atoms with van der Waals surface area (Å²) in [6.07, 6.45) is 4.61. The molecule has 1 aromatic carbocycles. The molecule has 298 valence electrons. The van der Waals surface area contributed by atoms with Crippen molar-refractivity contribution in [3.05, 3.63) is 29.8 Å². The number of aliphatic hydroxyl groups excluding tert-OH is 1. The van der Waals surface area contributed by atoms with Gasteiger partial charge in [0.2, 0.25) is 23.6 Å². The Labute approximate surface area is 316 Å². The van der Waals surface area contributed by atoms with Crippen molar-refractivity contribution in [2.45, 2.75) is 134 Å². The second-order valence-electron chi connectivity index (χ2n) is 16.1. The number of ether oxygens (including phenoxy) is 2. The SMILES string of the molecule is CCC(C)C(C(CC(=O)N1CCCC1C(OC)C(C)C(=O)NC(CO)Cc1ccc(N)cc1)OC)N(C)C(=O)C(NC(=O)C1NC2CCC1C2)C(C)C. The minimum Gasteiger partial charge on any atom is -0.399 e. The first-order valence-electron chi connectivity index (χ1n) is 19.7. The van der Waals surface area contributed by atoms with Gasteiger partial charge in [-0.15, -0.1) is 0 Å². The van der Waals surface area contributed by atoms with Crippen LogP contribution in [0.2, 0.25) is 0 Å². The number of carbonyl (C=O) groups is 4. The Bertz CT molecular complexity index is 1380. The van der Waals surface area contributed by atoms with Gasteiger partial charge in [0.1, 0.15) is 6.04 Å². The van der Waals surface area contributed by atoms with Crippen molar-refractivity contribution in [2.24, 2.45) is 23.7 Å². The van der Waals surface area contributed by atoms with E-state index in [4.69, 9.17) is 15.2 Å². The normalized spacial score (nSPS) is 25.0. The molecule has 4 rings (SSSR count). The third-order valence-corrected chi connectivity index (χ3v) is 12.2. The number of nitrogens with zero attached hydrogens (tertiary/aromatic N) is 2. The van der Waals surface area contributed by atoms with Crippen LogP contribution in [-0.2, 0) is 35.1 Å². The van der Waals surface area contributed by atoms with E-state index in [1.807, 2.05) is 26.0 Å². The average Bonchev–Trinajstić information content (AvgIpc) is 3.92. The Hall–Kier alpha value is -3.26. The number of aliphatic hydroxyl groups is 1. The molecule has 13 heteroatoms. The van der Waals surface area contributed by atoms with Gasteiger partial charge in [0, 0.05) is 39.5 Å². The Balaban J connectivity index is 1.43. The highest BCUT2D eigenvalue weighted by atomic mass is 16.5. The minimum atomic E-state index is -0.719. The molecule has 53 heavy (non-hydrogen) atoms. The number of rotatable bonds is 19. The lowest BCUT2D eigenvalue weighted by molar-refractivity contribution is -0.147. The van der Waals surface area contributed by atoms with Gasteiger partial charge in [0.15, 0.2) is 0 Å². The van der Waals surface area contributed by atoms with Gasteiger partial charge in [0.05, 0.1) is 55.3 Å². The number of hydrogen-bond acceptors (Lipinski definition) is 9. The van der Waals surface area contributed by atoms with E-state index in [2.05, 4.69) is 29.8 Å². The number of amides is 4. The molecule has 11 atom stereocenters. The molecule has 0 spiro atoms. The maximum absolute atomic E-state index is 14.2. The monoisotopic (exact) mass is 742 g/mol. The maximum Gasteiger partial charge on any atom is 0.245 e. The fourth-order valence-electron chi connectivity index (χ4n) is 8.86. The second kappa shape index (κ2) is 19.4. The first-order chi connectivity index (χ1) is 25.2. The molecule has 1 aromatic rings. The van der Waals surface area contributed by atoms with E-state index in [1.54, 1.807) is 50.1 Å². The van der Waals surface area contributed by atoms with E-state index in [1.165, 1.54) is 0 Å². The van der Waals surface area contributed by atoms with Gasteiger partial charge < -0.3 is 46.1 Å². The summed E-state index contributed by atoms with van der Waals surface area (Å²) in [6.45, 7) is 10.1. The Morgan fingerprint density at radius 2 is 1.74 bits per heavy atom. The Morgan fingerprint density at radius 1 is 1.04 bits per heavy atom. The van der Waals surface area contributed by atoms with Crippen LogP contribution in [0.4, 0.5) is 5.69 Å². The number of anilines is 1. The zero-order chi connectivity index (χ0) is 39.0. The van der Waals surface area contributed by atoms with Crippen molar-refractivity contribution in [2.75, 3.05) is 40.2 Å². The summed E-state index contributed by atoms with van der Waals surface area (Å²) in [6, 6.07) is 5.45. The average molecular weight is 743 g/mol. The van der Waals surface area contributed by atoms with E-state index >= 15 is 0 Å². The fourth-order valence-corrected chi connectivity index (χ4v) is 8.86. The number of fused-ring (bicyclic) bond motifs is 2. The number of hydrogen-bond donors (Lipinski definition) is 5. The first kappa shape index (κ1) is 42.5. The Morgan fingerprint density at radius 3 is 2.28 bits per heavy atom. The van der Waals surface area contributed by atoms with Crippen molar-refractivity contribution >= 4 is 29.3 Å². The summed E-state index contributed by atoms with van der Waals surface area (Å²) in [5, 5.41) is 19.5. The number of methoxy groups -OCH3 is 2. The number of nitrogens with one attached hydrogen (secondary N) is 3. The fraction of sp³-hybridized carbons (Fsp3) is 0.750. The second-order valence-corrected chi connectivity index (χ2v) is 16.1. The number of benzene rings is 1. The molecule has 0 radical (unpaired) electrons. The van der Waals surface area contributed by atoms with Gasteiger partial charge in [0.25, 0.3) is 0 Å². The molecule has 0 aromatic heterocycles. The van der Waals surface area contributed by atoms with Gasteiger partial charge in [-0.05, 0) is 74.0 Å². The van der Waals surface area contributed by atoms with Crippen LogP contribution >= 0.6 is 0 Å². The lowest BCUT2D eigenvalue weighted by atomic mass is 9.89. The van der Waals surface area contributed by atoms with E-state index in [-0.39, 0.29) is 60.6 Å². The predicted molar refractivity (Wildman–Crippen MR) is 205 cm³/mol. The largest absolute Gasteiger partial charge is 0.399 e. The molecule has 1 saturated carbocycles. The molecule has 2 saturated heterocycles. The quantitative estimate of drug-likeness (QED) is 0.134. The standard InChI is InChI=1S/C40H66N6O7/c1-9-24(4)36(45(6)40(51)34(23(2)3)44-39(50)35-27-14-17-29(20-27)42-35)32(52-7)21-33(48)46-18-10-11-31(46)37(53-8)25(5)38(49)43-30(22-47)19-26-12-15-28(41)16-13-26/h12-13,15-16,23-25,27,29-32,34-37,42,47H,9-11,14,17-22,41H2,1-8H3,(H,43,49)(H,44,50). The third-order valence-electron chi connectivity index (χ3n) is 12.2. The molecule has 13 nitrogen and oxygen atoms in total. The van der Waals surface area contributed by atoms with Crippen molar-refractivity contribution in [3.63, 3.8) is 0 Å². The van der Waals surface area contributed by atoms with Crippen molar-refractivity contribution in [3.8, 4) is 0 Å². The highest BCUT2D eigenvalue weighted by Gasteiger charge is 2.45. The maximum atomic E-state index is 14.2. The summed E-state index contributed by atoms with van der Waals surface area (Å²) in [5.41, 5.74) is 7.39. The van der Waals surface area contributed by atoms with E-state index in [9.17, 15) is 24.3 Å². The summed E-state index contributed by atoms with van der Waals surface area (Å²) in [5.74, 6) is -1.17. The number of likely N-dealkylation sites (N-methyl/N-ethyl adjacent to an activating group) is 1. The summed E-state index contributed by atoms with van der Waals surface area (Å²) in [7, 11) is 4.88. The smallest absolute Gasteiger partial charge is 0.245 e. The summed E-state index contributed by atoms with van der Waals surface area (Å²) >= 11 is 0. The van der Waals surface area contributed by atoms with Crippen molar-refractivity contribution in [1.82, 2.24) is 25.8 Å². The minimum absolute atomic E-state index is 0.00465. The molecular formula is C40H66N6O7. The van der Waals surface area contributed by atoms with Gasteiger partial charge >= 0.3 is 0 Å². The van der Waals surface area contributed by atoms with Crippen LogP contribution in [0.25, 0.3) is 0 Å². The molecule has 3 fully saturated rings. The van der Waals surface area contributed by atoms with Crippen LogP contribution in [0.1, 0.15) is 85.1 Å². The van der Waals surface area contributed by atoms with Crippen LogP contribution < -0.4 is 21.7 Å². The van der Waals surface area contributed by atoms with Crippen molar-refractivity contribution in [1.29, 1.82) is 0 Å². The Kier molecular flexibility index (Phi) is 15.5. The molecular weight excluding hydrogens is 676 g/mol. The van der Waals surface area contributed by atoms with E-state index in [0.29, 0.717) is 37.0 Å². The van der Waals surface area contributed by atoms with Gasteiger partial charge in [-0.25, -0.2) is 0 Å². The number of likely N-dealkylation sites (tertiary alicyclic amines) is 1.